The first-order chi connectivity index (χ1) is 9.88. The lowest BCUT2D eigenvalue weighted by Crippen LogP contribution is -2.45. The van der Waals surface area contributed by atoms with Gasteiger partial charge < -0.3 is 15.3 Å². The van der Waals surface area contributed by atoms with E-state index in [2.05, 4.69) is 11.4 Å². The SMILES string of the molecule is Cc1cccc(CCNC(=O)N(CC(=O)O)CC(C)C)c1. The molecule has 116 valence electrons. The van der Waals surface area contributed by atoms with Crippen molar-refractivity contribution in [2.45, 2.75) is 27.2 Å². The molecule has 0 saturated heterocycles. The van der Waals surface area contributed by atoms with E-state index in [1.54, 1.807) is 0 Å². The third-order valence-electron chi connectivity index (χ3n) is 2.97. The molecule has 2 N–H and O–H groups in total. The van der Waals surface area contributed by atoms with E-state index in [0.717, 1.165) is 12.0 Å². The van der Waals surface area contributed by atoms with Gasteiger partial charge in [0.05, 0.1) is 0 Å². The van der Waals surface area contributed by atoms with Crippen LogP contribution in [0.2, 0.25) is 0 Å². The number of aryl methyl sites for hydroxylation is 1. The third kappa shape index (κ3) is 6.79. The first kappa shape index (κ1) is 17.0. The van der Waals surface area contributed by atoms with Crippen molar-refractivity contribution in [3.8, 4) is 0 Å². The van der Waals surface area contributed by atoms with Gasteiger partial charge in [-0.05, 0) is 24.8 Å². The van der Waals surface area contributed by atoms with Crippen molar-refractivity contribution < 1.29 is 14.7 Å². The molecule has 0 aliphatic heterocycles. The Morgan fingerprint density at radius 2 is 2.05 bits per heavy atom. The fourth-order valence-corrected chi connectivity index (χ4v) is 2.12. The number of urea groups is 1. The van der Waals surface area contributed by atoms with Crippen molar-refractivity contribution in [2.24, 2.45) is 5.92 Å². The second kappa shape index (κ2) is 8.29. The number of hydrogen-bond acceptors (Lipinski definition) is 2. The molecule has 0 fully saturated rings. The highest BCUT2D eigenvalue weighted by Gasteiger charge is 2.17. The maximum Gasteiger partial charge on any atom is 0.323 e. The second-order valence-electron chi connectivity index (χ2n) is 5.64. The van der Waals surface area contributed by atoms with Crippen molar-refractivity contribution in [2.75, 3.05) is 19.6 Å². The van der Waals surface area contributed by atoms with Crippen molar-refractivity contribution in [3.05, 3.63) is 35.4 Å². The van der Waals surface area contributed by atoms with Crippen LogP contribution in [-0.4, -0.2) is 41.6 Å². The molecule has 5 nitrogen and oxygen atoms in total. The van der Waals surface area contributed by atoms with E-state index in [0.29, 0.717) is 13.1 Å². The van der Waals surface area contributed by atoms with Crippen LogP contribution in [0.4, 0.5) is 4.79 Å². The van der Waals surface area contributed by atoms with Gasteiger partial charge in [0.1, 0.15) is 6.54 Å². The quantitative estimate of drug-likeness (QED) is 0.810. The van der Waals surface area contributed by atoms with Crippen LogP contribution in [0.1, 0.15) is 25.0 Å². The maximum absolute atomic E-state index is 12.0. The van der Waals surface area contributed by atoms with E-state index in [4.69, 9.17) is 5.11 Å². The molecule has 2 amide bonds. The van der Waals surface area contributed by atoms with Gasteiger partial charge in [-0.25, -0.2) is 4.79 Å². The number of carbonyl (C=O) groups is 2. The van der Waals surface area contributed by atoms with Crippen LogP contribution in [-0.2, 0) is 11.2 Å². The number of nitrogens with one attached hydrogen (secondary N) is 1. The maximum atomic E-state index is 12.0. The summed E-state index contributed by atoms with van der Waals surface area (Å²) in [6.07, 6.45) is 0.732. The van der Waals surface area contributed by atoms with Gasteiger partial charge in [0.25, 0.3) is 0 Å². The number of nitrogens with zero attached hydrogens (tertiary/aromatic N) is 1. The summed E-state index contributed by atoms with van der Waals surface area (Å²) in [5, 5.41) is 11.6. The second-order valence-corrected chi connectivity index (χ2v) is 5.64. The molecule has 0 radical (unpaired) electrons. The molecule has 1 aromatic carbocycles. The summed E-state index contributed by atoms with van der Waals surface area (Å²) in [5.41, 5.74) is 2.34. The third-order valence-corrected chi connectivity index (χ3v) is 2.97. The lowest BCUT2D eigenvalue weighted by molar-refractivity contribution is -0.137. The van der Waals surface area contributed by atoms with E-state index >= 15 is 0 Å². The lowest BCUT2D eigenvalue weighted by atomic mass is 10.1. The van der Waals surface area contributed by atoms with Crippen molar-refractivity contribution in [3.63, 3.8) is 0 Å². The van der Waals surface area contributed by atoms with E-state index in [1.807, 2.05) is 39.0 Å². The van der Waals surface area contributed by atoms with Crippen LogP contribution < -0.4 is 5.32 Å². The minimum absolute atomic E-state index is 0.229. The monoisotopic (exact) mass is 292 g/mol. The Hall–Kier alpha value is -2.04. The smallest absolute Gasteiger partial charge is 0.323 e. The Labute approximate surface area is 126 Å². The van der Waals surface area contributed by atoms with Crippen molar-refractivity contribution in [1.82, 2.24) is 10.2 Å². The normalized spacial score (nSPS) is 10.5. The number of benzene rings is 1. The summed E-state index contributed by atoms with van der Waals surface area (Å²) in [5.74, 6) is -0.767. The minimum atomic E-state index is -0.996. The summed E-state index contributed by atoms with van der Waals surface area (Å²) >= 11 is 0. The number of aliphatic carboxylic acids is 1. The van der Waals surface area contributed by atoms with Crippen LogP contribution >= 0.6 is 0 Å². The molecule has 0 unspecified atom stereocenters. The molecular weight excluding hydrogens is 268 g/mol. The van der Waals surface area contributed by atoms with Crippen LogP contribution in [0.25, 0.3) is 0 Å². The van der Waals surface area contributed by atoms with Crippen molar-refractivity contribution >= 4 is 12.0 Å². The van der Waals surface area contributed by atoms with Crippen LogP contribution in [0.5, 0.6) is 0 Å². The molecule has 0 bridgehead atoms. The fourth-order valence-electron chi connectivity index (χ4n) is 2.12. The molecule has 21 heavy (non-hydrogen) atoms. The lowest BCUT2D eigenvalue weighted by Gasteiger charge is -2.23. The molecule has 5 heteroatoms. The van der Waals surface area contributed by atoms with Crippen LogP contribution in [0, 0.1) is 12.8 Å². The largest absolute Gasteiger partial charge is 0.480 e. The van der Waals surface area contributed by atoms with Gasteiger partial charge in [-0.2, -0.15) is 0 Å². The summed E-state index contributed by atoms with van der Waals surface area (Å²) in [6, 6.07) is 7.79. The topological polar surface area (TPSA) is 69.6 Å². The highest BCUT2D eigenvalue weighted by Crippen LogP contribution is 2.04. The van der Waals surface area contributed by atoms with Gasteiger partial charge in [-0.1, -0.05) is 43.7 Å². The van der Waals surface area contributed by atoms with E-state index in [1.165, 1.54) is 10.5 Å². The number of carboxylic acids is 1. The zero-order valence-electron chi connectivity index (χ0n) is 12.9. The first-order valence-corrected chi connectivity index (χ1v) is 7.18. The molecule has 0 atom stereocenters. The zero-order valence-corrected chi connectivity index (χ0v) is 12.9. The number of amides is 2. The highest BCUT2D eigenvalue weighted by molar-refractivity contribution is 5.80. The van der Waals surface area contributed by atoms with E-state index in [-0.39, 0.29) is 18.5 Å². The van der Waals surface area contributed by atoms with Gasteiger partial charge in [0.15, 0.2) is 0 Å². The standard InChI is InChI=1S/C16H24N2O3/c1-12(2)10-18(11-15(19)20)16(21)17-8-7-14-6-4-5-13(3)9-14/h4-6,9,12H,7-8,10-11H2,1-3H3,(H,17,21)(H,19,20). The predicted molar refractivity (Wildman–Crippen MR) is 82.3 cm³/mol. The molecule has 0 aromatic heterocycles. The summed E-state index contributed by atoms with van der Waals surface area (Å²) < 4.78 is 0. The Kier molecular flexibility index (Phi) is 6.72. The van der Waals surface area contributed by atoms with E-state index < -0.39 is 5.97 Å². The number of carbonyl (C=O) groups excluding carboxylic acids is 1. The number of carboxylic acid groups (broad SMARTS) is 1. The van der Waals surface area contributed by atoms with Crippen molar-refractivity contribution in [1.29, 1.82) is 0 Å². The summed E-state index contributed by atoms with van der Waals surface area (Å²) in [4.78, 5) is 24.2. The van der Waals surface area contributed by atoms with Gasteiger partial charge in [0, 0.05) is 13.1 Å². The van der Waals surface area contributed by atoms with Gasteiger partial charge in [0.2, 0.25) is 0 Å². The molecular formula is C16H24N2O3. The Balaban J connectivity index is 2.47. The van der Waals surface area contributed by atoms with Gasteiger partial charge >= 0.3 is 12.0 Å². The number of rotatable bonds is 7. The average Bonchev–Trinajstić information content (AvgIpc) is 2.36. The van der Waals surface area contributed by atoms with Gasteiger partial charge in [-0.3, -0.25) is 4.79 Å². The first-order valence-electron chi connectivity index (χ1n) is 7.18. The Morgan fingerprint density at radius 1 is 1.33 bits per heavy atom. The summed E-state index contributed by atoms with van der Waals surface area (Å²) in [6.45, 7) is 6.59. The van der Waals surface area contributed by atoms with Crippen LogP contribution in [0.3, 0.4) is 0 Å². The predicted octanol–water partition coefficient (Wildman–Crippen LogP) is 2.29. The molecule has 0 aliphatic carbocycles. The number of hydrogen-bond donors (Lipinski definition) is 2. The van der Waals surface area contributed by atoms with Gasteiger partial charge in [-0.15, -0.1) is 0 Å². The highest BCUT2D eigenvalue weighted by atomic mass is 16.4. The molecule has 1 aromatic rings. The summed E-state index contributed by atoms with van der Waals surface area (Å²) in [7, 11) is 0. The fraction of sp³-hybridized carbons (Fsp3) is 0.500. The van der Waals surface area contributed by atoms with E-state index in [9.17, 15) is 9.59 Å². The Bertz CT molecular complexity index is 486. The zero-order chi connectivity index (χ0) is 15.8. The molecule has 0 spiro atoms. The van der Waals surface area contributed by atoms with Crippen LogP contribution in [0.15, 0.2) is 24.3 Å². The minimum Gasteiger partial charge on any atom is -0.480 e. The molecule has 1 rings (SSSR count). The molecule has 0 heterocycles. The molecule has 0 saturated carbocycles. The average molecular weight is 292 g/mol. The molecule has 0 aliphatic rings. The Morgan fingerprint density at radius 3 is 2.62 bits per heavy atom.